The van der Waals surface area contributed by atoms with Gasteiger partial charge in [0.05, 0.1) is 26.5 Å². The Morgan fingerprint density at radius 2 is 2.00 bits per heavy atom. The summed E-state index contributed by atoms with van der Waals surface area (Å²) < 4.78 is 16.2. The van der Waals surface area contributed by atoms with Gasteiger partial charge in [-0.15, -0.1) is 0 Å². The van der Waals surface area contributed by atoms with Crippen LogP contribution in [-0.2, 0) is 9.53 Å². The fourth-order valence-corrected chi connectivity index (χ4v) is 2.80. The summed E-state index contributed by atoms with van der Waals surface area (Å²) in [5, 5.41) is 13.3. The van der Waals surface area contributed by atoms with Crippen molar-refractivity contribution < 1.29 is 28.9 Å². The summed E-state index contributed by atoms with van der Waals surface area (Å²) in [7, 11) is 1.50. The van der Waals surface area contributed by atoms with Crippen LogP contribution in [0.1, 0.15) is 15.9 Å². The van der Waals surface area contributed by atoms with Gasteiger partial charge in [-0.3, -0.25) is 9.59 Å². The highest BCUT2D eigenvalue weighted by Crippen LogP contribution is 2.27. The van der Waals surface area contributed by atoms with Crippen LogP contribution in [0, 0.1) is 0 Å². The lowest BCUT2D eigenvalue weighted by atomic mass is 10.2. The zero-order valence-electron chi connectivity index (χ0n) is 16.5. The summed E-state index contributed by atoms with van der Waals surface area (Å²) in [5.41, 5.74) is 3.34. The summed E-state index contributed by atoms with van der Waals surface area (Å²) in [6, 6.07) is 11.0. The second-order valence-electron chi connectivity index (χ2n) is 6.44. The Hall–Kier alpha value is -3.59. The van der Waals surface area contributed by atoms with Gasteiger partial charge in [0.2, 0.25) is 0 Å². The number of hydrogen-bond acceptors (Lipinski definition) is 7. The predicted molar refractivity (Wildman–Crippen MR) is 109 cm³/mol. The molecule has 0 unspecified atom stereocenters. The molecule has 2 N–H and O–H groups in total. The number of morpholine rings is 1. The molecule has 3 rings (SSSR count). The van der Waals surface area contributed by atoms with Crippen LogP contribution in [0.5, 0.6) is 17.2 Å². The number of carbonyl (C=O) groups is 2. The lowest BCUT2D eigenvalue weighted by Gasteiger charge is -2.26. The van der Waals surface area contributed by atoms with E-state index in [1.807, 2.05) is 0 Å². The van der Waals surface area contributed by atoms with Crippen LogP contribution in [0.25, 0.3) is 0 Å². The van der Waals surface area contributed by atoms with Gasteiger partial charge in [-0.25, -0.2) is 5.43 Å². The maximum absolute atomic E-state index is 12.2. The number of nitrogens with one attached hydrogen (secondary N) is 1. The molecule has 1 fully saturated rings. The van der Waals surface area contributed by atoms with Crippen molar-refractivity contribution >= 4 is 18.0 Å². The van der Waals surface area contributed by atoms with Crippen LogP contribution < -0.4 is 14.9 Å². The Morgan fingerprint density at radius 1 is 1.20 bits per heavy atom. The average Bonchev–Trinajstić information content (AvgIpc) is 2.78. The topological polar surface area (TPSA) is 110 Å². The molecule has 1 saturated heterocycles. The molecule has 0 aliphatic carbocycles. The number of hydrogen-bond donors (Lipinski definition) is 2. The number of nitrogens with zero attached hydrogens (tertiary/aromatic N) is 2. The summed E-state index contributed by atoms with van der Waals surface area (Å²) in [6.07, 6.45) is 1.45. The number of aromatic hydroxyl groups is 1. The first-order valence-corrected chi connectivity index (χ1v) is 9.35. The Bertz CT molecular complexity index is 925. The molecule has 2 aromatic rings. The van der Waals surface area contributed by atoms with E-state index in [1.165, 1.54) is 25.5 Å². The Morgan fingerprint density at radius 3 is 2.73 bits per heavy atom. The third kappa shape index (κ3) is 5.71. The van der Waals surface area contributed by atoms with Crippen LogP contribution >= 0.6 is 0 Å². The summed E-state index contributed by atoms with van der Waals surface area (Å²) in [4.78, 5) is 25.9. The van der Waals surface area contributed by atoms with Crippen molar-refractivity contribution in [3.63, 3.8) is 0 Å². The van der Waals surface area contributed by atoms with Crippen molar-refractivity contribution in [3.8, 4) is 17.2 Å². The van der Waals surface area contributed by atoms with Crippen LogP contribution in [0.2, 0.25) is 0 Å². The van der Waals surface area contributed by atoms with Gasteiger partial charge in [0.1, 0.15) is 5.75 Å². The fourth-order valence-electron chi connectivity index (χ4n) is 2.80. The average molecular weight is 413 g/mol. The van der Waals surface area contributed by atoms with E-state index in [4.69, 9.17) is 14.2 Å². The van der Waals surface area contributed by atoms with Crippen LogP contribution in [0.15, 0.2) is 47.6 Å². The third-order valence-electron chi connectivity index (χ3n) is 4.39. The van der Waals surface area contributed by atoms with E-state index < -0.39 is 5.91 Å². The Balaban J connectivity index is 1.57. The van der Waals surface area contributed by atoms with Crippen molar-refractivity contribution in [1.29, 1.82) is 0 Å². The molecule has 0 saturated carbocycles. The minimum atomic E-state index is -0.448. The van der Waals surface area contributed by atoms with Gasteiger partial charge in [-0.1, -0.05) is 6.07 Å². The van der Waals surface area contributed by atoms with Gasteiger partial charge < -0.3 is 24.2 Å². The SMILES string of the molecule is COc1cc(/C=N\NC(=O)c2cccc(O)c2)ccc1OCC(=O)N1CCOCC1. The first kappa shape index (κ1) is 21.1. The van der Waals surface area contributed by atoms with Crippen molar-refractivity contribution in [2.24, 2.45) is 5.10 Å². The van der Waals surface area contributed by atoms with E-state index in [1.54, 1.807) is 35.2 Å². The van der Waals surface area contributed by atoms with E-state index in [2.05, 4.69) is 10.5 Å². The van der Waals surface area contributed by atoms with Gasteiger partial charge >= 0.3 is 0 Å². The molecule has 1 aliphatic heterocycles. The molecular weight excluding hydrogens is 390 g/mol. The number of methoxy groups -OCH3 is 1. The summed E-state index contributed by atoms with van der Waals surface area (Å²) >= 11 is 0. The second-order valence-corrected chi connectivity index (χ2v) is 6.44. The molecule has 158 valence electrons. The quantitative estimate of drug-likeness (QED) is 0.525. The molecular formula is C21H23N3O6. The fraction of sp³-hybridized carbons (Fsp3) is 0.286. The largest absolute Gasteiger partial charge is 0.508 e. The van der Waals surface area contributed by atoms with Gasteiger partial charge in [0, 0.05) is 18.7 Å². The van der Waals surface area contributed by atoms with Crippen molar-refractivity contribution in [2.75, 3.05) is 40.0 Å². The van der Waals surface area contributed by atoms with Gasteiger partial charge in [-0.2, -0.15) is 5.10 Å². The third-order valence-corrected chi connectivity index (χ3v) is 4.39. The number of ether oxygens (including phenoxy) is 3. The molecule has 1 heterocycles. The zero-order chi connectivity index (χ0) is 21.3. The summed E-state index contributed by atoms with van der Waals surface area (Å²) in [5.74, 6) is 0.309. The maximum atomic E-state index is 12.2. The highest BCUT2D eigenvalue weighted by Gasteiger charge is 2.18. The molecule has 0 radical (unpaired) electrons. The van der Waals surface area contributed by atoms with E-state index in [-0.39, 0.29) is 18.3 Å². The molecule has 0 atom stereocenters. The van der Waals surface area contributed by atoms with Crippen molar-refractivity contribution in [1.82, 2.24) is 10.3 Å². The lowest BCUT2D eigenvalue weighted by molar-refractivity contribution is -0.137. The normalized spacial score (nSPS) is 13.8. The monoisotopic (exact) mass is 413 g/mol. The van der Waals surface area contributed by atoms with E-state index in [9.17, 15) is 14.7 Å². The zero-order valence-corrected chi connectivity index (χ0v) is 16.5. The number of phenols is 1. The van der Waals surface area contributed by atoms with E-state index >= 15 is 0 Å². The summed E-state index contributed by atoms with van der Waals surface area (Å²) in [6.45, 7) is 2.09. The first-order chi connectivity index (χ1) is 14.6. The minimum absolute atomic E-state index is 0.000874. The molecule has 2 aromatic carbocycles. The Labute approximate surface area is 173 Å². The Kier molecular flexibility index (Phi) is 7.23. The van der Waals surface area contributed by atoms with E-state index in [0.717, 1.165) is 0 Å². The molecule has 9 nitrogen and oxygen atoms in total. The number of hydrazone groups is 1. The van der Waals surface area contributed by atoms with Crippen LogP contribution in [0.3, 0.4) is 0 Å². The second kappa shape index (κ2) is 10.3. The maximum Gasteiger partial charge on any atom is 0.271 e. The van der Waals surface area contributed by atoms with Crippen molar-refractivity contribution in [3.05, 3.63) is 53.6 Å². The number of carbonyl (C=O) groups excluding carboxylic acids is 2. The smallest absolute Gasteiger partial charge is 0.271 e. The van der Waals surface area contributed by atoms with Gasteiger partial charge in [-0.05, 0) is 42.0 Å². The molecule has 30 heavy (non-hydrogen) atoms. The van der Waals surface area contributed by atoms with Crippen molar-refractivity contribution in [2.45, 2.75) is 0 Å². The molecule has 2 amide bonds. The predicted octanol–water partition coefficient (Wildman–Crippen LogP) is 1.40. The van der Waals surface area contributed by atoms with Crippen LogP contribution in [-0.4, -0.2) is 68.1 Å². The first-order valence-electron chi connectivity index (χ1n) is 9.35. The van der Waals surface area contributed by atoms with Crippen LogP contribution in [0.4, 0.5) is 0 Å². The highest BCUT2D eigenvalue weighted by atomic mass is 16.5. The lowest BCUT2D eigenvalue weighted by Crippen LogP contribution is -2.43. The number of phenolic OH excluding ortho intramolecular Hbond substituents is 1. The van der Waals surface area contributed by atoms with E-state index in [0.29, 0.717) is 48.9 Å². The highest BCUT2D eigenvalue weighted by molar-refractivity contribution is 5.95. The number of rotatable bonds is 7. The van der Waals surface area contributed by atoms with Gasteiger partial charge in [0.15, 0.2) is 18.1 Å². The molecule has 9 heteroatoms. The molecule has 0 spiro atoms. The molecule has 0 aromatic heterocycles. The number of amides is 2. The number of benzene rings is 2. The molecule has 0 bridgehead atoms. The molecule has 1 aliphatic rings. The standard InChI is InChI=1S/C21H23N3O6/c1-28-19-11-15(13-22-23-21(27)16-3-2-4-17(25)12-16)5-6-18(19)30-14-20(26)24-7-9-29-10-8-24/h2-6,11-13,25H,7-10,14H2,1H3,(H,23,27)/b22-13-. The minimum Gasteiger partial charge on any atom is -0.508 e. The van der Waals surface area contributed by atoms with Gasteiger partial charge in [0.25, 0.3) is 11.8 Å².